The van der Waals surface area contributed by atoms with Gasteiger partial charge in [0.05, 0.1) is 18.6 Å². The molecule has 2 rings (SSSR count). The predicted molar refractivity (Wildman–Crippen MR) is 92.9 cm³/mol. The minimum Gasteiger partial charge on any atom is -0.494 e. The molecule has 0 atom stereocenters. The average Bonchev–Trinajstić information content (AvgIpc) is 2.57. The van der Waals surface area contributed by atoms with Crippen LogP contribution in [0.25, 0.3) is 11.3 Å². The Morgan fingerprint density at radius 3 is 2.58 bits per heavy atom. The van der Waals surface area contributed by atoms with Gasteiger partial charge in [0, 0.05) is 30.6 Å². The quantitative estimate of drug-likeness (QED) is 0.844. The molecule has 6 heteroatoms. The van der Waals surface area contributed by atoms with Crippen molar-refractivity contribution in [3.05, 3.63) is 47.0 Å². The zero-order chi connectivity index (χ0) is 17.5. The lowest BCUT2D eigenvalue weighted by Gasteiger charge is -2.10. The van der Waals surface area contributed by atoms with Gasteiger partial charge in [0.15, 0.2) is 0 Å². The van der Waals surface area contributed by atoms with Gasteiger partial charge >= 0.3 is 0 Å². The van der Waals surface area contributed by atoms with Crippen LogP contribution >= 0.6 is 0 Å². The summed E-state index contributed by atoms with van der Waals surface area (Å²) in [5, 5.41) is 2.78. The van der Waals surface area contributed by atoms with Crippen molar-refractivity contribution in [2.45, 2.75) is 27.3 Å². The largest absolute Gasteiger partial charge is 0.494 e. The van der Waals surface area contributed by atoms with Crippen molar-refractivity contribution in [2.24, 2.45) is 5.92 Å². The van der Waals surface area contributed by atoms with Crippen LogP contribution in [0.15, 0.2) is 41.5 Å². The lowest BCUT2D eigenvalue weighted by Crippen LogP contribution is -2.33. The van der Waals surface area contributed by atoms with Gasteiger partial charge in [-0.2, -0.15) is 0 Å². The molecule has 0 aliphatic carbocycles. The molecule has 1 N–H and O–H groups in total. The number of amides is 1. The number of nitrogens with one attached hydrogen (secondary N) is 1. The predicted octanol–water partition coefficient (Wildman–Crippen LogP) is 2.08. The van der Waals surface area contributed by atoms with Gasteiger partial charge in [0.25, 0.3) is 5.56 Å². The molecule has 1 aromatic heterocycles. The van der Waals surface area contributed by atoms with Gasteiger partial charge < -0.3 is 10.1 Å². The van der Waals surface area contributed by atoms with Crippen LogP contribution in [0.3, 0.4) is 0 Å². The topological polar surface area (TPSA) is 73.2 Å². The second-order valence-corrected chi connectivity index (χ2v) is 5.71. The summed E-state index contributed by atoms with van der Waals surface area (Å²) in [4.78, 5) is 28.0. The number of aromatic nitrogens is 2. The fourth-order valence-electron chi connectivity index (χ4n) is 2.14. The highest BCUT2D eigenvalue weighted by atomic mass is 16.5. The molecule has 2 aromatic rings. The Balaban J connectivity index is 2.03. The monoisotopic (exact) mass is 329 g/mol. The molecule has 0 saturated carbocycles. The van der Waals surface area contributed by atoms with E-state index in [1.54, 1.807) is 0 Å². The fraction of sp³-hybridized carbons (Fsp3) is 0.389. The Morgan fingerprint density at radius 1 is 1.29 bits per heavy atom. The normalized spacial score (nSPS) is 10.7. The average molecular weight is 329 g/mol. The number of carbonyl (C=O) groups excluding carboxylic acids is 1. The van der Waals surface area contributed by atoms with E-state index in [4.69, 9.17) is 4.74 Å². The maximum Gasteiger partial charge on any atom is 0.253 e. The summed E-state index contributed by atoms with van der Waals surface area (Å²) in [6.45, 7) is 7.00. The van der Waals surface area contributed by atoms with Crippen LogP contribution in [-0.4, -0.2) is 28.6 Å². The van der Waals surface area contributed by atoms with Gasteiger partial charge in [0.1, 0.15) is 5.75 Å². The first-order valence-corrected chi connectivity index (χ1v) is 8.08. The first kappa shape index (κ1) is 17.7. The Morgan fingerprint density at radius 2 is 2.00 bits per heavy atom. The van der Waals surface area contributed by atoms with Gasteiger partial charge in [-0.05, 0) is 31.2 Å². The third-order valence-electron chi connectivity index (χ3n) is 3.52. The van der Waals surface area contributed by atoms with E-state index < -0.39 is 0 Å². The summed E-state index contributed by atoms with van der Waals surface area (Å²) in [5.74, 6) is 0.694. The molecule has 0 aliphatic heterocycles. The van der Waals surface area contributed by atoms with Crippen LogP contribution in [0.2, 0.25) is 0 Å². The molecule has 1 heterocycles. The highest BCUT2D eigenvalue weighted by Gasteiger charge is 2.07. The van der Waals surface area contributed by atoms with Crippen molar-refractivity contribution in [2.75, 3.05) is 13.2 Å². The Hall–Kier alpha value is -2.63. The molecule has 0 spiro atoms. The molecule has 0 saturated heterocycles. The van der Waals surface area contributed by atoms with E-state index >= 15 is 0 Å². The lowest BCUT2D eigenvalue weighted by molar-refractivity contribution is -0.124. The molecule has 1 aromatic carbocycles. The molecular weight excluding hydrogens is 306 g/mol. The summed E-state index contributed by atoms with van der Waals surface area (Å²) in [7, 11) is 0. The number of benzene rings is 1. The highest BCUT2D eigenvalue weighted by molar-refractivity contribution is 5.77. The number of carbonyl (C=O) groups is 1. The van der Waals surface area contributed by atoms with Gasteiger partial charge in [-0.25, -0.2) is 4.98 Å². The Kier molecular flexibility index (Phi) is 6.12. The van der Waals surface area contributed by atoms with E-state index in [0.29, 0.717) is 25.4 Å². The highest BCUT2D eigenvalue weighted by Crippen LogP contribution is 2.19. The van der Waals surface area contributed by atoms with Crippen LogP contribution in [0.4, 0.5) is 0 Å². The van der Waals surface area contributed by atoms with E-state index in [9.17, 15) is 9.59 Å². The summed E-state index contributed by atoms with van der Waals surface area (Å²) < 4.78 is 6.88. The first-order chi connectivity index (χ1) is 11.5. The molecule has 0 unspecified atom stereocenters. The van der Waals surface area contributed by atoms with Crippen LogP contribution in [0.5, 0.6) is 5.75 Å². The van der Waals surface area contributed by atoms with Crippen molar-refractivity contribution in [1.82, 2.24) is 14.9 Å². The summed E-state index contributed by atoms with van der Waals surface area (Å²) in [5.41, 5.74) is 1.33. The van der Waals surface area contributed by atoms with Crippen molar-refractivity contribution in [3.8, 4) is 17.0 Å². The number of rotatable bonds is 7. The second kappa shape index (κ2) is 8.29. The number of nitrogens with zero attached hydrogens (tertiary/aromatic N) is 2. The molecule has 0 fully saturated rings. The fourth-order valence-corrected chi connectivity index (χ4v) is 2.14. The van der Waals surface area contributed by atoms with Crippen molar-refractivity contribution < 1.29 is 9.53 Å². The smallest absolute Gasteiger partial charge is 0.253 e. The van der Waals surface area contributed by atoms with Gasteiger partial charge in [-0.1, -0.05) is 13.8 Å². The molecule has 128 valence electrons. The van der Waals surface area contributed by atoms with Crippen molar-refractivity contribution >= 4 is 5.91 Å². The van der Waals surface area contributed by atoms with Gasteiger partial charge in [-0.15, -0.1) is 0 Å². The van der Waals surface area contributed by atoms with Crippen LogP contribution in [-0.2, 0) is 11.3 Å². The minimum atomic E-state index is -0.146. The van der Waals surface area contributed by atoms with E-state index in [0.717, 1.165) is 11.3 Å². The van der Waals surface area contributed by atoms with Crippen molar-refractivity contribution in [3.63, 3.8) is 0 Å². The minimum absolute atomic E-state index is 0.0259. The van der Waals surface area contributed by atoms with Crippen LogP contribution in [0.1, 0.15) is 20.8 Å². The lowest BCUT2D eigenvalue weighted by atomic mass is 10.1. The summed E-state index contributed by atoms with van der Waals surface area (Å²) in [6, 6.07) is 8.96. The third kappa shape index (κ3) is 4.68. The van der Waals surface area contributed by atoms with E-state index in [1.807, 2.05) is 45.0 Å². The SMILES string of the molecule is CCOc1ccc(-c2cc(=O)n(CCNC(=O)C(C)C)cn2)cc1. The Labute approximate surface area is 141 Å². The van der Waals surface area contributed by atoms with Crippen LogP contribution < -0.4 is 15.6 Å². The summed E-state index contributed by atoms with van der Waals surface area (Å²) >= 11 is 0. The maximum atomic E-state index is 12.2. The molecule has 0 aliphatic rings. The molecule has 0 radical (unpaired) electrons. The number of hydrogen-bond donors (Lipinski definition) is 1. The summed E-state index contributed by atoms with van der Waals surface area (Å²) in [6.07, 6.45) is 1.51. The second-order valence-electron chi connectivity index (χ2n) is 5.71. The third-order valence-corrected chi connectivity index (χ3v) is 3.52. The van der Waals surface area contributed by atoms with Crippen LogP contribution in [0, 0.1) is 5.92 Å². The van der Waals surface area contributed by atoms with E-state index in [-0.39, 0.29) is 17.4 Å². The van der Waals surface area contributed by atoms with E-state index in [1.165, 1.54) is 17.0 Å². The zero-order valence-corrected chi connectivity index (χ0v) is 14.3. The first-order valence-electron chi connectivity index (χ1n) is 8.08. The van der Waals surface area contributed by atoms with Gasteiger partial charge in [-0.3, -0.25) is 14.2 Å². The van der Waals surface area contributed by atoms with Crippen molar-refractivity contribution in [1.29, 1.82) is 0 Å². The standard InChI is InChI=1S/C18H23N3O3/c1-4-24-15-7-5-14(6-8-15)16-11-17(22)21(12-20-16)10-9-19-18(23)13(2)3/h5-8,11-13H,4,9-10H2,1-3H3,(H,19,23). The maximum absolute atomic E-state index is 12.2. The Bertz CT molecular complexity index is 736. The molecular formula is C18H23N3O3. The molecule has 24 heavy (non-hydrogen) atoms. The van der Waals surface area contributed by atoms with E-state index in [2.05, 4.69) is 10.3 Å². The number of ether oxygens (including phenoxy) is 1. The molecule has 0 bridgehead atoms. The number of hydrogen-bond acceptors (Lipinski definition) is 4. The van der Waals surface area contributed by atoms with Gasteiger partial charge in [0.2, 0.25) is 5.91 Å². The zero-order valence-electron chi connectivity index (χ0n) is 14.3. The molecule has 1 amide bonds. The molecule has 6 nitrogen and oxygen atoms in total.